The molecule has 6 heteroatoms. The molecule has 0 aliphatic heterocycles. The lowest BCUT2D eigenvalue weighted by molar-refractivity contribution is -0.141. The summed E-state index contributed by atoms with van der Waals surface area (Å²) in [6, 6.07) is 5.60. The van der Waals surface area contributed by atoms with Crippen LogP contribution in [-0.4, -0.2) is 24.1 Å². The number of hydrogen-bond donors (Lipinski definition) is 1. The number of hydrogen-bond acceptors (Lipinski definition) is 5. The van der Waals surface area contributed by atoms with Crippen molar-refractivity contribution >= 4 is 48.6 Å². The zero-order valence-corrected chi connectivity index (χ0v) is 14.0. The third-order valence-corrected chi connectivity index (χ3v) is 4.30. The molecule has 2 aromatic rings. The van der Waals surface area contributed by atoms with Crippen LogP contribution in [0.3, 0.4) is 0 Å². The van der Waals surface area contributed by atoms with Gasteiger partial charge in [0.2, 0.25) is 0 Å². The van der Waals surface area contributed by atoms with E-state index in [9.17, 15) is 4.79 Å². The van der Waals surface area contributed by atoms with Crippen molar-refractivity contribution < 1.29 is 9.53 Å². The van der Waals surface area contributed by atoms with Gasteiger partial charge in [-0.25, -0.2) is 9.78 Å². The summed E-state index contributed by atoms with van der Waals surface area (Å²) in [4.78, 5) is 16.3. The van der Waals surface area contributed by atoms with Crippen LogP contribution in [0.2, 0.25) is 0 Å². The second-order valence-corrected chi connectivity index (χ2v) is 6.93. The van der Waals surface area contributed by atoms with Crippen molar-refractivity contribution in [3.8, 4) is 0 Å². The van der Waals surface area contributed by atoms with E-state index in [1.54, 1.807) is 0 Å². The number of thiazole rings is 1. The van der Waals surface area contributed by atoms with E-state index in [1.165, 1.54) is 18.4 Å². The van der Waals surface area contributed by atoms with Gasteiger partial charge in [-0.1, -0.05) is 41.1 Å². The number of nitrogens with zero attached hydrogens (tertiary/aromatic N) is 1. The van der Waals surface area contributed by atoms with Gasteiger partial charge in [0.05, 0.1) is 17.3 Å². The Labute approximate surface area is 130 Å². The minimum Gasteiger partial charge on any atom is -0.467 e. The first-order valence-electron chi connectivity index (χ1n) is 6.40. The number of methoxy groups -OCH3 is 1. The van der Waals surface area contributed by atoms with E-state index in [0.717, 1.165) is 19.8 Å². The maximum absolute atomic E-state index is 11.8. The first-order chi connectivity index (χ1) is 9.49. The third-order valence-electron chi connectivity index (χ3n) is 2.84. The van der Waals surface area contributed by atoms with E-state index in [0.29, 0.717) is 12.3 Å². The molecular formula is C14H17BrN2O2S. The van der Waals surface area contributed by atoms with E-state index in [2.05, 4.69) is 40.1 Å². The number of anilines is 1. The maximum Gasteiger partial charge on any atom is 0.328 e. The number of benzene rings is 1. The molecule has 4 nitrogen and oxygen atoms in total. The van der Waals surface area contributed by atoms with Gasteiger partial charge >= 0.3 is 5.97 Å². The van der Waals surface area contributed by atoms with E-state index in [1.807, 2.05) is 18.2 Å². The number of nitrogens with one attached hydrogen (secondary N) is 1. The number of carbonyl (C=O) groups excluding carboxylic acids is 1. The predicted molar refractivity (Wildman–Crippen MR) is 86.2 cm³/mol. The molecule has 1 aromatic heterocycles. The fourth-order valence-electron chi connectivity index (χ4n) is 1.94. The molecule has 1 unspecified atom stereocenters. The summed E-state index contributed by atoms with van der Waals surface area (Å²) >= 11 is 4.97. The van der Waals surface area contributed by atoms with Gasteiger partial charge in [0.15, 0.2) is 5.13 Å². The van der Waals surface area contributed by atoms with Crippen LogP contribution in [-0.2, 0) is 9.53 Å². The van der Waals surface area contributed by atoms with Crippen LogP contribution in [0.1, 0.15) is 20.3 Å². The quantitative estimate of drug-likeness (QED) is 0.820. The Morgan fingerprint density at radius 3 is 2.90 bits per heavy atom. The summed E-state index contributed by atoms with van der Waals surface area (Å²) in [6.45, 7) is 4.15. The van der Waals surface area contributed by atoms with Crippen molar-refractivity contribution in [1.82, 2.24) is 4.98 Å². The summed E-state index contributed by atoms with van der Waals surface area (Å²) in [5.74, 6) is 0.147. The molecule has 0 radical (unpaired) electrons. The van der Waals surface area contributed by atoms with Crippen molar-refractivity contribution in [2.24, 2.45) is 5.92 Å². The Hall–Kier alpha value is -1.14. The number of rotatable bonds is 5. The zero-order valence-electron chi connectivity index (χ0n) is 11.6. The van der Waals surface area contributed by atoms with Gasteiger partial charge in [-0.05, 0) is 30.5 Å². The fourth-order valence-corrected chi connectivity index (χ4v) is 3.19. The molecule has 1 aromatic carbocycles. The van der Waals surface area contributed by atoms with Gasteiger partial charge in [0.25, 0.3) is 0 Å². The number of carbonyl (C=O) groups is 1. The average molecular weight is 357 g/mol. The van der Waals surface area contributed by atoms with Crippen molar-refractivity contribution in [2.75, 3.05) is 12.4 Å². The second kappa shape index (κ2) is 6.54. The highest BCUT2D eigenvalue weighted by atomic mass is 79.9. The topological polar surface area (TPSA) is 51.2 Å². The lowest BCUT2D eigenvalue weighted by Gasteiger charge is -2.17. The first kappa shape index (κ1) is 15.3. The monoisotopic (exact) mass is 356 g/mol. The number of aromatic nitrogens is 1. The SMILES string of the molecule is COC(=O)C(CC(C)C)Nc1nc2cc(Br)ccc2s1. The lowest BCUT2D eigenvalue weighted by Crippen LogP contribution is -2.32. The molecule has 108 valence electrons. The third kappa shape index (κ3) is 3.70. The minimum absolute atomic E-state index is 0.251. The van der Waals surface area contributed by atoms with Crippen molar-refractivity contribution in [3.05, 3.63) is 22.7 Å². The molecule has 1 heterocycles. The van der Waals surface area contributed by atoms with E-state index in [4.69, 9.17) is 4.74 Å². The summed E-state index contributed by atoms with van der Waals surface area (Å²) in [6.07, 6.45) is 0.715. The molecule has 0 aliphatic carbocycles. The number of halogens is 1. The molecule has 1 atom stereocenters. The fraction of sp³-hybridized carbons (Fsp3) is 0.429. The molecule has 0 amide bonds. The van der Waals surface area contributed by atoms with Crippen LogP contribution in [0.15, 0.2) is 22.7 Å². The average Bonchev–Trinajstić information content (AvgIpc) is 2.77. The van der Waals surface area contributed by atoms with Gasteiger partial charge in [0.1, 0.15) is 6.04 Å². The van der Waals surface area contributed by atoms with Gasteiger partial charge in [-0.15, -0.1) is 0 Å². The Balaban J connectivity index is 2.21. The standard InChI is InChI=1S/C14H17BrN2O2S/c1-8(2)6-11(13(18)19-3)17-14-16-10-7-9(15)4-5-12(10)20-14/h4-5,7-8,11H,6H2,1-3H3,(H,16,17). The largest absolute Gasteiger partial charge is 0.467 e. The summed E-state index contributed by atoms with van der Waals surface area (Å²) in [5, 5.41) is 3.93. The van der Waals surface area contributed by atoms with E-state index >= 15 is 0 Å². The highest BCUT2D eigenvalue weighted by Gasteiger charge is 2.21. The highest BCUT2D eigenvalue weighted by Crippen LogP contribution is 2.29. The maximum atomic E-state index is 11.8. The molecule has 1 N–H and O–H groups in total. The molecule has 20 heavy (non-hydrogen) atoms. The number of fused-ring (bicyclic) bond motifs is 1. The van der Waals surface area contributed by atoms with Crippen LogP contribution < -0.4 is 5.32 Å². The Morgan fingerprint density at radius 1 is 1.50 bits per heavy atom. The van der Waals surface area contributed by atoms with Crippen molar-refractivity contribution in [1.29, 1.82) is 0 Å². The van der Waals surface area contributed by atoms with Gasteiger partial charge < -0.3 is 10.1 Å². The zero-order chi connectivity index (χ0) is 14.7. The van der Waals surface area contributed by atoms with E-state index < -0.39 is 0 Å². The smallest absolute Gasteiger partial charge is 0.328 e. The van der Waals surface area contributed by atoms with Gasteiger partial charge in [0, 0.05) is 4.47 Å². The molecule has 0 fully saturated rings. The van der Waals surface area contributed by atoms with Crippen molar-refractivity contribution in [3.63, 3.8) is 0 Å². The predicted octanol–water partition coefficient (Wildman–Crippen LogP) is 4.06. The van der Waals surface area contributed by atoms with Crippen LogP contribution in [0.25, 0.3) is 10.2 Å². The Kier molecular flexibility index (Phi) is 4.99. The highest BCUT2D eigenvalue weighted by molar-refractivity contribution is 9.10. The molecule has 2 rings (SSSR count). The van der Waals surface area contributed by atoms with E-state index in [-0.39, 0.29) is 12.0 Å². The Morgan fingerprint density at radius 2 is 2.25 bits per heavy atom. The number of ether oxygens (including phenoxy) is 1. The lowest BCUT2D eigenvalue weighted by atomic mass is 10.0. The molecule has 0 saturated carbocycles. The normalized spacial score (nSPS) is 12.7. The van der Waals surface area contributed by atoms with Crippen LogP contribution in [0.5, 0.6) is 0 Å². The van der Waals surface area contributed by atoms with Crippen LogP contribution in [0.4, 0.5) is 5.13 Å². The first-order valence-corrected chi connectivity index (χ1v) is 8.01. The summed E-state index contributed by atoms with van der Waals surface area (Å²) in [7, 11) is 1.41. The Bertz CT molecular complexity index is 612. The molecule has 0 bridgehead atoms. The molecule has 0 aliphatic rings. The van der Waals surface area contributed by atoms with Gasteiger partial charge in [-0.3, -0.25) is 0 Å². The van der Waals surface area contributed by atoms with Crippen LogP contribution in [0, 0.1) is 5.92 Å². The molecule has 0 spiro atoms. The molecule has 0 saturated heterocycles. The molecular weight excluding hydrogens is 340 g/mol. The summed E-state index contributed by atoms with van der Waals surface area (Å²) in [5.41, 5.74) is 0.917. The van der Waals surface area contributed by atoms with Gasteiger partial charge in [-0.2, -0.15) is 0 Å². The minimum atomic E-state index is -0.357. The van der Waals surface area contributed by atoms with Crippen LogP contribution >= 0.6 is 27.3 Å². The van der Waals surface area contributed by atoms with Crippen molar-refractivity contribution in [2.45, 2.75) is 26.3 Å². The number of esters is 1. The second-order valence-electron chi connectivity index (χ2n) is 4.98. The summed E-state index contributed by atoms with van der Waals surface area (Å²) < 4.78 is 6.93.